The summed E-state index contributed by atoms with van der Waals surface area (Å²) in [5.74, 6) is 6.48. The number of benzene rings is 1. The number of amides is 1. The molecule has 198 valence electrons. The molecule has 2 fully saturated rings. The maximum Gasteiger partial charge on any atom is 0.239 e. The number of carbonyl (C=O) groups excluding carboxylic acids is 1. The molecule has 0 bridgehead atoms. The molecule has 3 aliphatic rings. The Hall–Kier alpha value is -2.06. The molecular weight excluding hydrogens is 605 g/mol. The minimum absolute atomic E-state index is 0.0292. The molecule has 1 amide bonds. The molecule has 9 nitrogen and oxygen atoms in total. The second-order valence-corrected chi connectivity index (χ2v) is 12.9. The van der Waals surface area contributed by atoms with Gasteiger partial charge in [0.1, 0.15) is 3.92 Å². The average Bonchev–Trinajstić information content (AvgIpc) is 2.93. The first-order chi connectivity index (χ1) is 17.8. The van der Waals surface area contributed by atoms with Crippen LogP contribution in [0.5, 0.6) is 0 Å². The van der Waals surface area contributed by atoms with Gasteiger partial charge in [0.15, 0.2) is 14.9 Å². The lowest BCUT2D eigenvalue weighted by atomic mass is 9.99. The van der Waals surface area contributed by atoms with Gasteiger partial charge in [-0.3, -0.25) is 9.69 Å². The molecule has 0 radical (unpaired) electrons. The third-order valence-electron chi connectivity index (χ3n) is 7.20. The average molecular weight is 638 g/mol. The van der Waals surface area contributed by atoms with Crippen molar-refractivity contribution in [3.05, 3.63) is 65.4 Å². The third-order valence-corrected chi connectivity index (χ3v) is 10.1. The number of piperidine rings is 1. The molecule has 1 aromatic carbocycles. The van der Waals surface area contributed by atoms with E-state index in [4.69, 9.17) is 10.6 Å². The predicted octanol–water partition coefficient (Wildman–Crippen LogP) is 2.08. The van der Waals surface area contributed by atoms with Gasteiger partial charge in [-0.1, -0.05) is 52.9 Å². The molecular formula is C26H32IN5O4S. The minimum atomic E-state index is -3.71. The molecule has 1 unspecified atom stereocenters. The van der Waals surface area contributed by atoms with Gasteiger partial charge in [0.2, 0.25) is 5.91 Å². The number of hydrogen-bond acceptors (Lipinski definition) is 8. The Morgan fingerprint density at radius 2 is 1.92 bits per heavy atom. The number of nitrogens with zero attached hydrogens (tertiary/aromatic N) is 4. The second kappa shape index (κ2) is 11.4. The molecule has 1 aromatic heterocycles. The van der Waals surface area contributed by atoms with E-state index in [9.17, 15) is 13.2 Å². The lowest BCUT2D eigenvalue weighted by molar-refractivity contribution is -0.133. The summed E-state index contributed by atoms with van der Waals surface area (Å²) in [7, 11) is -3.71. The molecule has 0 aliphatic carbocycles. The molecule has 2 N–H and O–H groups in total. The van der Waals surface area contributed by atoms with E-state index in [2.05, 4.69) is 44.6 Å². The lowest BCUT2D eigenvalue weighted by Gasteiger charge is -2.41. The summed E-state index contributed by atoms with van der Waals surface area (Å²) in [4.78, 5) is 21.8. The summed E-state index contributed by atoms with van der Waals surface area (Å²) in [6, 6.07) is 13.8. The van der Waals surface area contributed by atoms with Gasteiger partial charge in [0, 0.05) is 37.9 Å². The Morgan fingerprint density at radius 1 is 1.16 bits per heavy atom. The zero-order valence-corrected chi connectivity index (χ0v) is 23.6. The summed E-state index contributed by atoms with van der Waals surface area (Å²) in [6.07, 6.45) is 3.35. The van der Waals surface area contributed by atoms with Crippen molar-refractivity contribution in [2.75, 3.05) is 45.1 Å². The Balaban J connectivity index is 1.48. The molecule has 2 atom stereocenters. The molecule has 0 saturated carbocycles. The molecule has 0 spiro atoms. The SMILES string of the molecule is NN(C1=C(C(I)C(=O)N2CCOCC2)CS(=O)(=O)c2ncccc21)[C@H]1CCCN(Cc2ccccc2)C1. The highest BCUT2D eigenvalue weighted by Gasteiger charge is 2.40. The number of sulfone groups is 1. The summed E-state index contributed by atoms with van der Waals surface area (Å²) in [6.45, 7) is 4.50. The van der Waals surface area contributed by atoms with E-state index in [1.807, 2.05) is 18.2 Å². The van der Waals surface area contributed by atoms with E-state index >= 15 is 0 Å². The van der Waals surface area contributed by atoms with Crippen LogP contribution in [0, 0.1) is 0 Å². The van der Waals surface area contributed by atoms with E-state index in [1.54, 1.807) is 22.0 Å². The van der Waals surface area contributed by atoms with Crippen LogP contribution < -0.4 is 5.84 Å². The highest BCUT2D eigenvalue weighted by atomic mass is 127. The number of pyridine rings is 1. The first kappa shape index (κ1) is 26.5. The molecule has 37 heavy (non-hydrogen) atoms. The maximum atomic E-state index is 13.5. The van der Waals surface area contributed by atoms with Gasteiger partial charge in [0.25, 0.3) is 0 Å². The fourth-order valence-corrected chi connectivity index (χ4v) is 8.13. The first-order valence-electron chi connectivity index (χ1n) is 12.6. The van der Waals surface area contributed by atoms with Gasteiger partial charge in [-0.05, 0) is 42.7 Å². The normalized spacial score (nSPS) is 22.9. The number of ether oxygens (including phenoxy) is 1. The summed E-state index contributed by atoms with van der Waals surface area (Å²) >= 11 is 2.08. The zero-order chi connectivity index (χ0) is 26.0. The van der Waals surface area contributed by atoms with Crippen LogP contribution in [0.15, 0.2) is 59.3 Å². The standard InChI is InChI=1S/C26H32IN5O4S/c27-23(26(33)31-12-14-36-15-13-31)22-18-37(34,35)25-21(9-4-10-29-25)24(22)32(28)20-8-5-11-30(17-20)16-19-6-2-1-3-7-19/h1-4,6-7,9-10,20,23H,5,8,11-18,28H2/t20-,23?/m0/s1. The van der Waals surface area contributed by atoms with E-state index in [-0.39, 0.29) is 22.7 Å². The molecule has 2 aromatic rings. The number of morpholine rings is 1. The Bertz CT molecular complexity index is 1270. The maximum absolute atomic E-state index is 13.5. The van der Waals surface area contributed by atoms with Crippen LogP contribution in [-0.2, 0) is 25.9 Å². The number of fused-ring (bicyclic) bond motifs is 1. The van der Waals surface area contributed by atoms with Crippen molar-refractivity contribution < 1.29 is 17.9 Å². The Kier molecular flexibility index (Phi) is 8.15. The molecule has 5 rings (SSSR count). The number of hydrazine groups is 1. The van der Waals surface area contributed by atoms with Crippen LogP contribution in [0.4, 0.5) is 0 Å². The van der Waals surface area contributed by atoms with E-state index in [0.29, 0.717) is 43.1 Å². The van der Waals surface area contributed by atoms with Crippen molar-refractivity contribution in [3.8, 4) is 0 Å². The summed E-state index contributed by atoms with van der Waals surface area (Å²) < 4.78 is 31.3. The number of carbonyl (C=O) groups is 1. The van der Waals surface area contributed by atoms with Crippen molar-refractivity contribution in [1.29, 1.82) is 0 Å². The third kappa shape index (κ3) is 5.70. The molecule has 3 aliphatic heterocycles. The first-order valence-corrected chi connectivity index (χ1v) is 15.5. The Morgan fingerprint density at radius 3 is 2.68 bits per heavy atom. The number of hydrogen-bond donors (Lipinski definition) is 1. The number of nitrogens with two attached hydrogens (primary N) is 1. The topological polar surface area (TPSA) is 109 Å². The number of rotatable bonds is 6. The molecule has 2 saturated heterocycles. The number of alkyl halides is 1. The van der Waals surface area contributed by atoms with Gasteiger partial charge in [-0.25, -0.2) is 19.2 Å². The number of likely N-dealkylation sites (tertiary alicyclic amines) is 1. The molecule has 4 heterocycles. The van der Waals surface area contributed by atoms with Gasteiger partial charge >= 0.3 is 0 Å². The fourth-order valence-electron chi connectivity index (χ4n) is 5.35. The highest BCUT2D eigenvalue weighted by Crippen LogP contribution is 2.38. The van der Waals surface area contributed by atoms with Crippen molar-refractivity contribution in [1.82, 2.24) is 19.8 Å². The predicted molar refractivity (Wildman–Crippen MR) is 149 cm³/mol. The van der Waals surface area contributed by atoms with Gasteiger partial charge in [0.05, 0.1) is 30.7 Å². The van der Waals surface area contributed by atoms with Crippen LogP contribution in [-0.4, -0.2) is 89.2 Å². The van der Waals surface area contributed by atoms with Crippen molar-refractivity contribution >= 4 is 44.0 Å². The van der Waals surface area contributed by atoms with Crippen LogP contribution in [0.25, 0.3) is 5.70 Å². The summed E-state index contributed by atoms with van der Waals surface area (Å²) in [5, 5.41) is 1.75. The smallest absolute Gasteiger partial charge is 0.239 e. The largest absolute Gasteiger partial charge is 0.378 e. The monoisotopic (exact) mass is 637 g/mol. The second-order valence-electron chi connectivity index (χ2n) is 9.71. The van der Waals surface area contributed by atoms with Crippen molar-refractivity contribution in [2.45, 2.75) is 34.4 Å². The fraction of sp³-hybridized carbons (Fsp3) is 0.462. The number of halogens is 1. The van der Waals surface area contributed by atoms with Gasteiger partial charge < -0.3 is 14.6 Å². The van der Waals surface area contributed by atoms with Crippen molar-refractivity contribution in [3.63, 3.8) is 0 Å². The highest BCUT2D eigenvalue weighted by molar-refractivity contribution is 14.1. The minimum Gasteiger partial charge on any atom is -0.378 e. The van der Waals surface area contributed by atoms with E-state index in [1.165, 1.54) is 11.8 Å². The Labute approximate surface area is 231 Å². The quantitative estimate of drug-likeness (QED) is 0.222. The van der Waals surface area contributed by atoms with Crippen LogP contribution >= 0.6 is 22.6 Å². The van der Waals surface area contributed by atoms with E-state index < -0.39 is 13.8 Å². The lowest BCUT2D eigenvalue weighted by Crippen LogP contribution is -2.51. The van der Waals surface area contributed by atoms with Crippen LogP contribution in [0.2, 0.25) is 0 Å². The van der Waals surface area contributed by atoms with Crippen LogP contribution in [0.1, 0.15) is 24.0 Å². The van der Waals surface area contributed by atoms with Gasteiger partial charge in [-0.15, -0.1) is 0 Å². The van der Waals surface area contributed by atoms with Crippen molar-refractivity contribution in [2.24, 2.45) is 5.84 Å². The van der Waals surface area contributed by atoms with E-state index in [0.717, 1.165) is 32.5 Å². The number of aromatic nitrogens is 1. The van der Waals surface area contributed by atoms with Gasteiger partial charge in [-0.2, -0.15) is 0 Å². The zero-order valence-electron chi connectivity index (χ0n) is 20.6. The summed E-state index contributed by atoms with van der Waals surface area (Å²) in [5.41, 5.74) is 2.86. The van der Waals surface area contributed by atoms with Crippen LogP contribution in [0.3, 0.4) is 0 Å². The molecule has 11 heteroatoms.